The lowest BCUT2D eigenvalue weighted by atomic mass is 10.0. The third-order valence-corrected chi connectivity index (χ3v) is 3.80. The van der Waals surface area contributed by atoms with Gasteiger partial charge in [0.2, 0.25) is 17.7 Å². The Morgan fingerprint density at radius 2 is 1.85 bits per heavy atom. The van der Waals surface area contributed by atoms with Gasteiger partial charge < -0.3 is 15.4 Å². The quantitative estimate of drug-likeness (QED) is 0.724. The minimum atomic E-state index is -4.55. The Labute approximate surface area is 160 Å². The zero-order chi connectivity index (χ0) is 21.0. The van der Waals surface area contributed by atoms with Crippen molar-refractivity contribution in [1.82, 2.24) is 15.6 Å². The number of rotatable bonds is 7. The van der Waals surface area contributed by atoms with Crippen molar-refractivity contribution >= 4 is 23.4 Å². The first-order chi connectivity index (χ1) is 12.2. The van der Waals surface area contributed by atoms with Crippen LogP contribution in [0.5, 0.6) is 5.88 Å². The van der Waals surface area contributed by atoms with Crippen molar-refractivity contribution in [3.8, 4) is 5.88 Å². The van der Waals surface area contributed by atoms with Crippen LogP contribution < -0.4 is 15.4 Å². The van der Waals surface area contributed by atoms with Crippen molar-refractivity contribution in [2.24, 2.45) is 5.92 Å². The molecule has 1 aromatic rings. The van der Waals surface area contributed by atoms with Gasteiger partial charge >= 0.3 is 6.18 Å². The first kappa shape index (κ1) is 23.0. The van der Waals surface area contributed by atoms with Gasteiger partial charge in [-0.1, -0.05) is 25.4 Å². The third kappa shape index (κ3) is 6.89. The fraction of sp³-hybridized carbons (Fsp3) is 0.588. The average molecular weight is 410 g/mol. The van der Waals surface area contributed by atoms with E-state index in [0.29, 0.717) is 6.20 Å². The molecule has 0 spiro atoms. The molecule has 0 aliphatic rings. The summed E-state index contributed by atoms with van der Waals surface area (Å²) in [5.41, 5.74) is -2.12. The molecule has 0 fully saturated rings. The molecule has 152 valence electrons. The zero-order valence-electron chi connectivity index (χ0n) is 15.7. The van der Waals surface area contributed by atoms with Gasteiger partial charge in [0.1, 0.15) is 16.7 Å². The van der Waals surface area contributed by atoms with Crippen LogP contribution >= 0.6 is 11.6 Å². The van der Waals surface area contributed by atoms with E-state index in [-0.39, 0.29) is 29.3 Å². The van der Waals surface area contributed by atoms with Crippen molar-refractivity contribution in [3.05, 3.63) is 22.8 Å². The second-order valence-corrected chi connectivity index (χ2v) is 7.32. The molecule has 0 bridgehead atoms. The van der Waals surface area contributed by atoms with Gasteiger partial charge in [-0.15, -0.1) is 0 Å². The molecule has 0 aliphatic heterocycles. The molecule has 1 heterocycles. The molecular formula is C17H23ClF3N3O3. The summed E-state index contributed by atoms with van der Waals surface area (Å²) in [4.78, 5) is 27.6. The van der Waals surface area contributed by atoms with Gasteiger partial charge in [0.15, 0.2) is 0 Å². The Morgan fingerprint density at radius 3 is 2.33 bits per heavy atom. The van der Waals surface area contributed by atoms with Crippen LogP contribution in [-0.4, -0.2) is 35.0 Å². The maximum atomic E-state index is 12.6. The Balaban J connectivity index is 2.64. The lowest BCUT2D eigenvalue weighted by molar-refractivity contribution is -0.137. The van der Waals surface area contributed by atoms with E-state index in [1.165, 1.54) is 0 Å². The molecule has 2 amide bonds. The number of ether oxygens (including phenoxy) is 1. The summed E-state index contributed by atoms with van der Waals surface area (Å²) in [5.74, 6) is -1.13. The number of halogens is 4. The fourth-order valence-electron chi connectivity index (χ4n) is 1.87. The number of aromatic nitrogens is 1. The minimum absolute atomic E-state index is 0.0405. The molecule has 0 aromatic carbocycles. The summed E-state index contributed by atoms with van der Waals surface area (Å²) < 4.78 is 43.2. The Bertz CT molecular complexity index is 694. The normalized spacial score (nSPS) is 13.3. The van der Waals surface area contributed by atoms with Crippen LogP contribution in [-0.2, 0) is 15.8 Å². The van der Waals surface area contributed by atoms with E-state index in [1.54, 1.807) is 34.6 Å². The standard InChI is InChI=1S/C17H23ClF3N3O3/c1-9(2)13(25)24-16(4,5)15(26)23-7-10(3)27-14-12(18)6-11(8-22-14)17(19,20)21/h6,8-10H,7H2,1-5H3,(H,23,26)(H,24,25). The van der Waals surface area contributed by atoms with Crippen LogP contribution in [0, 0.1) is 5.92 Å². The highest BCUT2D eigenvalue weighted by Crippen LogP contribution is 2.33. The predicted octanol–water partition coefficient (Wildman–Crippen LogP) is 3.19. The van der Waals surface area contributed by atoms with Gasteiger partial charge in [0, 0.05) is 12.1 Å². The van der Waals surface area contributed by atoms with Gasteiger partial charge in [-0.3, -0.25) is 9.59 Å². The molecule has 0 aliphatic carbocycles. The van der Waals surface area contributed by atoms with Gasteiger partial charge in [0.25, 0.3) is 0 Å². The summed E-state index contributed by atoms with van der Waals surface area (Å²) in [6.07, 6.45) is -4.55. The number of pyridine rings is 1. The predicted molar refractivity (Wildman–Crippen MR) is 94.4 cm³/mol. The van der Waals surface area contributed by atoms with E-state index >= 15 is 0 Å². The van der Waals surface area contributed by atoms with Gasteiger partial charge in [-0.05, 0) is 26.8 Å². The number of nitrogens with one attached hydrogen (secondary N) is 2. The highest BCUT2D eigenvalue weighted by molar-refractivity contribution is 6.31. The first-order valence-electron chi connectivity index (χ1n) is 8.23. The molecule has 2 N–H and O–H groups in total. The second-order valence-electron chi connectivity index (χ2n) is 6.92. The highest BCUT2D eigenvalue weighted by atomic mass is 35.5. The molecule has 0 saturated carbocycles. The highest BCUT2D eigenvalue weighted by Gasteiger charge is 2.32. The minimum Gasteiger partial charge on any atom is -0.472 e. The average Bonchev–Trinajstić information content (AvgIpc) is 2.52. The molecule has 1 aromatic heterocycles. The molecule has 1 rings (SSSR count). The van der Waals surface area contributed by atoms with Crippen LogP contribution in [0.2, 0.25) is 5.02 Å². The molecule has 27 heavy (non-hydrogen) atoms. The summed E-state index contributed by atoms with van der Waals surface area (Å²) in [5, 5.41) is 4.95. The largest absolute Gasteiger partial charge is 0.472 e. The summed E-state index contributed by atoms with van der Waals surface area (Å²) in [7, 11) is 0. The first-order valence-corrected chi connectivity index (χ1v) is 8.61. The SMILES string of the molecule is CC(CNC(=O)C(C)(C)NC(=O)C(C)C)Oc1ncc(C(F)(F)F)cc1Cl. The van der Waals surface area contributed by atoms with Crippen LogP contribution in [0.3, 0.4) is 0 Å². The fourth-order valence-corrected chi connectivity index (χ4v) is 2.08. The molecule has 0 radical (unpaired) electrons. The molecule has 6 nitrogen and oxygen atoms in total. The Hall–Kier alpha value is -2.03. The van der Waals surface area contributed by atoms with Gasteiger partial charge in [0.05, 0.1) is 12.1 Å². The van der Waals surface area contributed by atoms with E-state index in [1.807, 2.05) is 0 Å². The maximum absolute atomic E-state index is 12.6. The van der Waals surface area contributed by atoms with Crippen LogP contribution in [0.25, 0.3) is 0 Å². The summed E-state index contributed by atoms with van der Waals surface area (Å²) in [6, 6.07) is 0.722. The van der Waals surface area contributed by atoms with Crippen LogP contribution in [0.4, 0.5) is 13.2 Å². The Morgan fingerprint density at radius 1 is 1.26 bits per heavy atom. The molecule has 1 unspecified atom stereocenters. The second kappa shape index (κ2) is 8.77. The number of hydrogen-bond acceptors (Lipinski definition) is 4. The van der Waals surface area contributed by atoms with Crippen molar-refractivity contribution in [2.45, 2.75) is 52.4 Å². The lowest BCUT2D eigenvalue weighted by Crippen LogP contribution is -2.56. The number of alkyl halides is 3. The number of carbonyl (C=O) groups is 2. The van der Waals surface area contributed by atoms with E-state index in [4.69, 9.17) is 16.3 Å². The molecule has 0 saturated heterocycles. The number of amides is 2. The number of carbonyl (C=O) groups excluding carboxylic acids is 2. The van der Waals surface area contributed by atoms with E-state index < -0.39 is 29.3 Å². The molecular weight excluding hydrogens is 387 g/mol. The van der Waals surface area contributed by atoms with E-state index in [9.17, 15) is 22.8 Å². The van der Waals surface area contributed by atoms with Crippen LogP contribution in [0.15, 0.2) is 12.3 Å². The third-order valence-electron chi connectivity index (χ3n) is 3.53. The molecule has 1 atom stereocenters. The van der Waals surface area contributed by atoms with Crippen LogP contribution in [0.1, 0.15) is 40.2 Å². The van der Waals surface area contributed by atoms with Gasteiger partial charge in [-0.25, -0.2) is 4.98 Å². The topological polar surface area (TPSA) is 80.3 Å². The van der Waals surface area contributed by atoms with Gasteiger partial charge in [-0.2, -0.15) is 13.2 Å². The van der Waals surface area contributed by atoms with Crippen molar-refractivity contribution in [1.29, 1.82) is 0 Å². The Kier molecular flexibility index (Phi) is 7.48. The van der Waals surface area contributed by atoms with E-state index in [0.717, 1.165) is 6.07 Å². The monoisotopic (exact) mass is 409 g/mol. The maximum Gasteiger partial charge on any atom is 0.417 e. The molecule has 10 heteroatoms. The lowest BCUT2D eigenvalue weighted by Gasteiger charge is -2.27. The smallest absolute Gasteiger partial charge is 0.417 e. The summed E-state index contributed by atoms with van der Waals surface area (Å²) in [6.45, 7) is 8.17. The van der Waals surface area contributed by atoms with E-state index in [2.05, 4.69) is 15.6 Å². The van der Waals surface area contributed by atoms with Crippen molar-refractivity contribution in [3.63, 3.8) is 0 Å². The summed E-state index contributed by atoms with van der Waals surface area (Å²) >= 11 is 5.78. The zero-order valence-corrected chi connectivity index (χ0v) is 16.5. The number of nitrogens with zero attached hydrogens (tertiary/aromatic N) is 1. The van der Waals surface area contributed by atoms with Crippen molar-refractivity contribution < 1.29 is 27.5 Å². The number of hydrogen-bond donors (Lipinski definition) is 2. The van der Waals surface area contributed by atoms with Crippen molar-refractivity contribution in [2.75, 3.05) is 6.54 Å².